The monoisotopic (exact) mass is 586 g/mol. The standard InChI is InChI=1S/CH2O3.H3N.2O.Pu.U/c2-1(3)4;;;;;/h(H2,2,3,4);1H3;;;;/q;;;;+1;/p-1. The van der Waals surface area contributed by atoms with Crippen molar-refractivity contribution < 1.29 is 56.7 Å². The number of carbonyl (C=O) groups is 1. The molecule has 0 aliphatic heterocycles. The second-order valence-corrected chi connectivity index (χ2v) is 23.6. The zero-order valence-electron chi connectivity index (χ0n) is 4.20. The fraction of sp³-hybridized carbons (Fsp3) is 0. The van der Waals surface area contributed by atoms with Crippen LogP contribution >= 0.6 is 0 Å². The second kappa shape index (κ2) is 6.98. The molecule has 0 aliphatic carbocycles. The van der Waals surface area contributed by atoms with Gasteiger partial charge in [0.25, 0.3) is 0 Å². The third-order valence-corrected chi connectivity index (χ3v) is 10.2. The van der Waals surface area contributed by atoms with E-state index in [1.807, 2.05) is 0 Å². The predicted octanol–water partition coefficient (Wildman–Crippen LogP) is 0.0697. The van der Waals surface area contributed by atoms with Crippen LogP contribution in [0.15, 0.2) is 0 Å². The Labute approximate surface area is 67.9 Å². The average Bonchev–Trinajstić information content (AvgIpc) is 1.61. The molecule has 6 nitrogen and oxygen atoms in total. The van der Waals surface area contributed by atoms with Crippen LogP contribution in [-0.2, 0) is 6.94 Å². The molecule has 53 valence electrons. The van der Waals surface area contributed by atoms with Crippen LogP contribution in [0.5, 0.6) is 0 Å². The zero-order chi connectivity index (χ0) is 6.57. The summed E-state index contributed by atoms with van der Waals surface area (Å²) in [5.41, 5.74) is 0. The Morgan fingerprint density at radius 1 is 1.56 bits per heavy atom. The van der Waals surface area contributed by atoms with Gasteiger partial charge in [-0.05, 0) is 0 Å². The molecule has 4 N–H and O–H groups in total. The van der Waals surface area contributed by atoms with E-state index in [1.165, 1.54) is 0 Å². The Balaban J connectivity index is 0. The van der Waals surface area contributed by atoms with Crippen molar-refractivity contribution in [2.45, 2.75) is 0 Å². The van der Waals surface area contributed by atoms with Gasteiger partial charge in [0.1, 0.15) is 0 Å². The van der Waals surface area contributed by atoms with E-state index in [0.29, 0.717) is 0 Å². The maximum absolute atomic E-state index is 9.79. The third kappa shape index (κ3) is 12.1. The minimum absolute atomic E-state index is 0. The molecule has 0 heterocycles. The minimum atomic E-state index is -3.81. The van der Waals surface area contributed by atoms with Crippen molar-refractivity contribution >= 4 is 6.16 Å². The first-order valence-electron chi connectivity index (χ1n) is 1.41. The van der Waals surface area contributed by atoms with Crippen LogP contribution in [0.2, 0.25) is 0 Å². The van der Waals surface area contributed by atoms with Crippen LogP contribution < -0.4 is 6.15 Å². The molecule has 9 heavy (non-hydrogen) atoms. The molecule has 0 radical (unpaired) electrons. The van der Waals surface area contributed by atoms with Crippen LogP contribution in [0.4, 0.5) is 4.79 Å². The Hall–Kier alpha value is 0.869. The molecule has 0 aliphatic rings. The molecule has 0 rings (SSSR count). The van der Waals surface area contributed by atoms with E-state index in [-0.39, 0.29) is 6.15 Å². The van der Waals surface area contributed by atoms with Crippen molar-refractivity contribution in [3.8, 4) is 0 Å². The van der Waals surface area contributed by atoms with E-state index in [4.69, 9.17) is 5.11 Å². The Morgan fingerprint density at radius 2 is 2.00 bits per heavy atom. The van der Waals surface area contributed by atoms with Crippen molar-refractivity contribution in [2.75, 3.05) is 0 Å². The molecule has 0 saturated carbocycles. The van der Waals surface area contributed by atoms with E-state index in [2.05, 4.69) is 2.47 Å². The van der Waals surface area contributed by atoms with Gasteiger partial charge < -0.3 is 6.15 Å². The van der Waals surface area contributed by atoms with Crippen molar-refractivity contribution in [1.29, 1.82) is 0 Å². The maximum atomic E-state index is 9.79. The molecule has 0 fully saturated rings. The number of carboxylic acid groups (broad SMARTS) is 1. The Bertz CT molecular complexity index is 145. The summed E-state index contributed by atoms with van der Waals surface area (Å²) in [5.74, 6) is 0. The SMILES string of the molecule is N.O=C(O)[O][Pu][U](=[O])=[O]. The summed E-state index contributed by atoms with van der Waals surface area (Å²) < 4.78 is 23.5. The van der Waals surface area contributed by atoms with Crippen LogP contribution in [0.1, 0.15) is 0 Å². The molecule has 0 atom stereocenters. The van der Waals surface area contributed by atoms with Gasteiger partial charge in [0.15, 0.2) is 0 Å². The predicted molar refractivity (Wildman–Crippen MR) is 15.5 cm³/mol. The van der Waals surface area contributed by atoms with Gasteiger partial charge in [-0.2, -0.15) is 0 Å². The number of rotatable bonds is 2. The van der Waals surface area contributed by atoms with Crippen LogP contribution in [0.25, 0.3) is 0 Å². The van der Waals surface area contributed by atoms with Crippen molar-refractivity contribution in [1.82, 2.24) is 6.15 Å². The summed E-state index contributed by atoms with van der Waals surface area (Å²) in [5, 5.41) is 7.75. The molecule has 0 bridgehead atoms. The van der Waals surface area contributed by atoms with Gasteiger partial charge in [-0.1, -0.05) is 0 Å². The molecule has 0 aromatic carbocycles. The fourth-order valence-corrected chi connectivity index (χ4v) is 6.06. The van der Waals surface area contributed by atoms with Gasteiger partial charge in [0, 0.05) is 0 Å². The van der Waals surface area contributed by atoms with E-state index in [0.717, 1.165) is 0 Å². The first kappa shape index (κ1) is 12.5. The molecule has 8 heteroatoms. The second-order valence-electron chi connectivity index (χ2n) is 0.683. The van der Waals surface area contributed by atoms with Gasteiger partial charge in [-0.25, -0.2) is 0 Å². The van der Waals surface area contributed by atoms with Gasteiger partial charge in [-0.3, -0.25) is 0 Å². The summed E-state index contributed by atoms with van der Waals surface area (Å²) in [7, 11) is 0. The van der Waals surface area contributed by atoms with Crippen molar-refractivity contribution in [3.05, 3.63) is 0 Å². The van der Waals surface area contributed by atoms with Gasteiger partial charge >= 0.3 is 62.8 Å². The molecule has 0 amide bonds. The molecule has 0 aromatic rings. The summed E-state index contributed by atoms with van der Waals surface area (Å²) in [6.07, 6.45) is -1.46. The van der Waals surface area contributed by atoms with Crippen molar-refractivity contribution in [2.24, 2.45) is 0 Å². The molecule has 0 unspecified atom stereocenters. The van der Waals surface area contributed by atoms with Gasteiger partial charge in [0.05, 0.1) is 0 Å². The number of hydrogen-bond acceptors (Lipinski definition) is 5. The summed E-state index contributed by atoms with van der Waals surface area (Å²) in [4.78, 5) is 9.49. The van der Waals surface area contributed by atoms with Gasteiger partial charge in [-0.15, -0.1) is 0 Å². The molecular weight excluding hydrogens is 588 g/mol. The van der Waals surface area contributed by atoms with Crippen molar-refractivity contribution in [3.63, 3.8) is 0 Å². The number of hydrogen-bond donors (Lipinski definition) is 2. The molecule has 0 saturated heterocycles. The topological polar surface area (TPSA) is 116 Å². The van der Waals surface area contributed by atoms with E-state index in [1.54, 1.807) is 0 Å². The molecular formula is CH4NO5PuU. The van der Waals surface area contributed by atoms with E-state index < -0.39 is 46.0 Å². The summed E-state index contributed by atoms with van der Waals surface area (Å²) >= 11 is -5.89. The molecule has 0 aromatic heterocycles. The van der Waals surface area contributed by atoms with E-state index >= 15 is 0 Å². The Kier molecular flexibility index (Phi) is 9.73. The Morgan fingerprint density at radius 3 is 2.11 bits per heavy atom. The summed E-state index contributed by atoms with van der Waals surface area (Å²) in [6, 6.07) is 0. The first-order valence-corrected chi connectivity index (χ1v) is 23.8. The average molecular weight is 592 g/mol. The third-order valence-electron chi connectivity index (χ3n) is 0.181. The first-order chi connectivity index (χ1) is 3.63. The van der Waals surface area contributed by atoms with Crippen LogP contribution in [0, 0.1) is 39.8 Å². The van der Waals surface area contributed by atoms with E-state index in [9.17, 15) is 9.27 Å². The van der Waals surface area contributed by atoms with Gasteiger partial charge in [0.2, 0.25) is 0 Å². The molecule has 0 spiro atoms. The fourth-order valence-electron chi connectivity index (χ4n) is 0.0697. The summed E-state index contributed by atoms with van der Waals surface area (Å²) in [6.45, 7) is 0. The quantitative estimate of drug-likeness (QED) is 0.470. The normalized spacial score (nSPS) is 6.22. The van der Waals surface area contributed by atoms with Crippen LogP contribution in [0.3, 0.4) is 0 Å². The van der Waals surface area contributed by atoms with Crippen LogP contribution in [-0.4, -0.2) is 11.3 Å². The zero-order valence-corrected chi connectivity index (χ0v) is 11.8.